The van der Waals surface area contributed by atoms with Crippen molar-refractivity contribution in [2.45, 2.75) is 26.7 Å². The zero-order valence-corrected chi connectivity index (χ0v) is 10.0. The molecular weight excluding hydrogens is 204 g/mol. The molecule has 0 bridgehead atoms. The summed E-state index contributed by atoms with van der Waals surface area (Å²) in [5.74, 6) is 2.10. The third-order valence-electron chi connectivity index (χ3n) is 3.42. The molecule has 0 amide bonds. The molecule has 2 unspecified atom stereocenters. The molecule has 1 aromatic rings. The highest BCUT2D eigenvalue weighted by Crippen LogP contribution is 2.25. The van der Waals surface area contributed by atoms with Crippen LogP contribution >= 0.6 is 0 Å². The van der Waals surface area contributed by atoms with Gasteiger partial charge >= 0.3 is 6.01 Å². The van der Waals surface area contributed by atoms with Gasteiger partial charge in [-0.25, -0.2) is 0 Å². The van der Waals surface area contributed by atoms with E-state index < -0.39 is 0 Å². The van der Waals surface area contributed by atoms with Crippen molar-refractivity contribution in [3.8, 4) is 0 Å². The van der Waals surface area contributed by atoms with Crippen molar-refractivity contribution in [3.05, 3.63) is 5.89 Å². The molecule has 2 atom stereocenters. The lowest BCUT2D eigenvalue weighted by Crippen LogP contribution is -2.38. The minimum Gasteiger partial charge on any atom is -0.408 e. The van der Waals surface area contributed by atoms with Crippen LogP contribution in [-0.2, 0) is 6.42 Å². The van der Waals surface area contributed by atoms with Gasteiger partial charge in [0.1, 0.15) is 0 Å². The molecule has 5 nitrogen and oxygen atoms in total. The van der Waals surface area contributed by atoms with Crippen LogP contribution in [0.1, 0.15) is 26.2 Å². The van der Waals surface area contributed by atoms with Crippen molar-refractivity contribution < 1.29 is 4.42 Å². The maximum atomic E-state index is 5.57. The third kappa shape index (κ3) is 2.35. The number of hydrogen-bond donors (Lipinski definition) is 1. The average Bonchev–Trinajstić information content (AvgIpc) is 2.71. The number of aromatic nitrogens is 2. The van der Waals surface area contributed by atoms with Crippen molar-refractivity contribution in [2.75, 3.05) is 24.5 Å². The van der Waals surface area contributed by atoms with Gasteiger partial charge < -0.3 is 15.1 Å². The Morgan fingerprint density at radius 3 is 2.88 bits per heavy atom. The van der Waals surface area contributed by atoms with Crippen LogP contribution in [0.4, 0.5) is 6.01 Å². The van der Waals surface area contributed by atoms with Gasteiger partial charge in [0.05, 0.1) is 0 Å². The number of rotatable bonds is 3. The van der Waals surface area contributed by atoms with Crippen LogP contribution in [0.2, 0.25) is 0 Å². The molecule has 0 spiro atoms. The molecule has 16 heavy (non-hydrogen) atoms. The number of nitrogens with two attached hydrogens (primary N) is 1. The zero-order chi connectivity index (χ0) is 11.5. The first-order valence-corrected chi connectivity index (χ1v) is 5.98. The van der Waals surface area contributed by atoms with E-state index in [1.807, 2.05) is 0 Å². The molecule has 1 aliphatic heterocycles. The summed E-state index contributed by atoms with van der Waals surface area (Å²) in [5.41, 5.74) is 5.45. The number of hydrogen-bond acceptors (Lipinski definition) is 5. The lowest BCUT2D eigenvalue weighted by atomic mass is 9.89. The van der Waals surface area contributed by atoms with Crippen molar-refractivity contribution in [3.63, 3.8) is 0 Å². The Balaban J connectivity index is 2.01. The van der Waals surface area contributed by atoms with Gasteiger partial charge in [0.25, 0.3) is 0 Å². The minimum absolute atomic E-state index is 0.551. The summed E-state index contributed by atoms with van der Waals surface area (Å²) in [6.45, 7) is 7.14. The molecule has 90 valence electrons. The number of anilines is 1. The van der Waals surface area contributed by atoms with Crippen molar-refractivity contribution in [1.29, 1.82) is 0 Å². The molecule has 1 aliphatic rings. The Labute approximate surface area is 96.0 Å². The van der Waals surface area contributed by atoms with E-state index in [2.05, 4.69) is 28.9 Å². The summed E-state index contributed by atoms with van der Waals surface area (Å²) in [7, 11) is 0. The van der Waals surface area contributed by atoms with Crippen LogP contribution in [0.3, 0.4) is 0 Å². The van der Waals surface area contributed by atoms with Crippen molar-refractivity contribution in [2.24, 2.45) is 17.6 Å². The second kappa shape index (κ2) is 4.82. The largest absolute Gasteiger partial charge is 0.408 e. The maximum Gasteiger partial charge on any atom is 0.318 e. The van der Waals surface area contributed by atoms with E-state index in [-0.39, 0.29) is 0 Å². The van der Waals surface area contributed by atoms with Crippen LogP contribution in [0.15, 0.2) is 4.42 Å². The molecule has 0 aromatic carbocycles. The van der Waals surface area contributed by atoms with E-state index in [9.17, 15) is 0 Å². The molecule has 2 heterocycles. The molecule has 1 saturated heterocycles. The van der Waals surface area contributed by atoms with Crippen LogP contribution in [0, 0.1) is 11.8 Å². The Morgan fingerprint density at radius 1 is 1.38 bits per heavy atom. The third-order valence-corrected chi connectivity index (χ3v) is 3.42. The fourth-order valence-corrected chi connectivity index (χ4v) is 2.03. The van der Waals surface area contributed by atoms with Gasteiger partial charge in [0.2, 0.25) is 5.89 Å². The van der Waals surface area contributed by atoms with E-state index >= 15 is 0 Å². The highest BCUT2D eigenvalue weighted by Gasteiger charge is 2.25. The van der Waals surface area contributed by atoms with Crippen LogP contribution in [-0.4, -0.2) is 29.8 Å². The summed E-state index contributed by atoms with van der Waals surface area (Å²) in [6, 6.07) is 0.655. The Bertz CT molecular complexity index is 338. The summed E-state index contributed by atoms with van der Waals surface area (Å²) in [5, 5.41) is 8.06. The molecule has 2 rings (SSSR count). The first-order chi connectivity index (χ1) is 7.70. The van der Waals surface area contributed by atoms with Gasteiger partial charge in [-0.1, -0.05) is 18.9 Å². The highest BCUT2D eigenvalue weighted by atomic mass is 16.4. The summed E-state index contributed by atoms with van der Waals surface area (Å²) in [4.78, 5) is 2.18. The summed E-state index contributed by atoms with van der Waals surface area (Å²) in [6.07, 6.45) is 1.85. The lowest BCUT2D eigenvalue weighted by Gasteiger charge is -2.33. The smallest absolute Gasteiger partial charge is 0.318 e. The molecule has 1 aromatic heterocycles. The summed E-state index contributed by atoms with van der Waals surface area (Å²) < 4.78 is 5.57. The molecule has 0 saturated carbocycles. The predicted molar refractivity (Wildman–Crippen MR) is 62.2 cm³/mol. The lowest BCUT2D eigenvalue weighted by molar-refractivity contribution is 0.311. The number of nitrogens with zero attached hydrogens (tertiary/aromatic N) is 3. The predicted octanol–water partition coefficient (Wildman–Crippen LogP) is 1.05. The molecule has 0 radical (unpaired) electrons. The van der Waals surface area contributed by atoms with Crippen LogP contribution in [0.5, 0.6) is 0 Å². The van der Waals surface area contributed by atoms with E-state index in [4.69, 9.17) is 10.2 Å². The topological polar surface area (TPSA) is 68.2 Å². The number of piperidine rings is 1. The summed E-state index contributed by atoms with van der Waals surface area (Å²) >= 11 is 0. The highest BCUT2D eigenvalue weighted by molar-refractivity contribution is 5.25. The van der Waals surface area contributed by atoms with E-state index in [0.717, 1.165) is 19.0 Å². The Hall–Kier alpha value is -1.10. The second-order valence-corrected chi connectivity index (χ2v) is 4.71. The average molecular weight is 224 g/mol. The minimum atomic E-state index is 0.551. The van der Waals surface area contributed by atoms with Gasteiger partial charge in [-0.2, -0.15) is 0 Å². The van der Waals surface area contributed by atoms with Gasteiger partial charge in [-0.05, 0) is 18.3 Å². The van der Waals surface area contributed by atoms with E-state index in [1.54, 1.807) is 0 Å². The van der Waals surface area contributed by atoms with Crippen molar-refractivity contribution in [1.82, 2.24) is 10.2 Å². The SMILES string of the molecule is CC1CCN(c2nnc(CCN)o2)CC1C. The molecule has 2 N–H and O–H groups in total. The monoisotopic (exact) mass is 224 g/mol. The van der Waals surface area contributed by atoms with E-state index in [0.29, 0.717) is 30.8 Å². The van der Waals surface area contributed by atoms with Gasteiger partial charge in [0, 0.05) is 26.1 Å². The first kappa shape index (κ1) is 11.4. The second-order valence-electron chi connectivity index (χ2n) is 4.71. The Kier molecular flexibility index (Phi) is 3.43. The molecule has 5 heteroatoms. The van der Waals surface area contributed by atoms with Crippen LogP contribution < -0.4 is 10.6 Å². The molecule has 0 aliphatic carbocycles. The van der Waals surface area contributed by atoms with Crippen molar-refractivity contribution >= 4 is 6.01 Å². The fourth-order valence-electron chi connectivity index (χ4n) is 2.03. The van der Waals surface area contributed by atoms with Crippen LogP contribution in [0.25, 0.3) is 0 Å². The zero-order valence-electron chi connectivity index (χ0n) is 10.0. The maximum absolute atomic E-state index is 5.57. The van der Waals surface area contributed by atoms with Gasteiger partial charge in [0.15, 0.2) is 0 Å². The quantitative estimate of drug-likeness (QED) is 0.831. The first-order valence-electron chi connectivity index (χ1n) is 5.98. The van der Waals surface area contributed by atoms with Gasteiger partial charge in [-0.3, -0.25) is 0 Å². The fraction of sp³-hybridized carbons (Fsp3) is 0.818. The standard InChI is InChI=1S/C11H20N4O/c1-8-4-6-15(7-9(8)2)11-14-13-10(16-11)3-5-12/h8-9H,3-7,12H2,1-2H3. The molecular formula is C11H20N4O. The molecule has 1 fully saturated rings. The normalized spacial score (nSPS) is 26.1. The Morgan fingerprint density at radius 2 is 2.19 bits per heavy atom. The van der Waals surface area contributed by atoms with E-state index in [1.165, 1.54) is 6.42 Å². The van der Waals surface area contributed by atoms with Gasteiger partial charge in [-0.15, -0.1) is 5.10 Å².